The van der Waals surface area contributed by atoms with E-state index in [9.17, 15) is 4.79 Å². The molecule has 86 valence electrons. The topological polar surface area (TPSA) is 49.3 Å². The first-order valence-electron chi connectivity index (χ1n) is 5.88. The first-order chi connectivity index (χ1) is 6.99. The molecule has 0 aromatic rings. The molecule has 0 aliphatic heterocycles. The summed E-state index contributed by atoms with van der Waals surface area (Å²) < 4.78 is 0. The molecule has 0 aromatic heterocycles. The first-order valence-corrected chi connectivity index (χ1v) is 5.88. The molecule has 15 heavy (non-hydrogen) atoms. The Morgan fingerprint density at radius 3 is 2.47 bits per heavy atom. The summed E-state index contributed by atoms with van der Waals surface area (Å²) in [4.78, 5) is 11.7. The third-order valence-corrected chi connectivity index (χ3v) is 4.07. The maximum absolute atomic E-state index is 11.7. The maximum Gasteiger partial charge on any atom is 0.223 e. The van der Waals surface area contributed by atoms with Gasteiger partial charge >= 0.3 is 0 Å². The lowest BCUT2D eigenvalue weighted by atomic mass is 10.0. The Morgan fingerprint density at radius 2 is 2.07 bits per heavy atom. The van der Waals surface area contributed by atoms with E-state index in [0.717, 1.165) is 32.2 Å². The highest BCUT2D eigenvalue weighted by Gasteiger charge is 2.51. The second-order valence-electron chi connectivity index (χ2n) is 5.94. The van der Waals surface area contributed by atoms with Crippen LogP contribution in [-0.2, 0) is 4.79 Å². The zero-order chi connectivity index (χ0) is 11.1. The van der Waals surface area contributed by atoms with Crippen molar-refractivity contribution in [3.05, 3.63) is 0 Å². The second kappa shape index (κ2) is 3.48. The van der Waals surface area contributed by atoms with Gasteiger partial charge in [-0.15, -0.1) is 0 Å². The molecule has 2 fully saturated rings. The Kier molecular flexibility index (Phi) is 2.53. The lowest BCUT2D eigenvalue weighted by Crippen LogP contribution is -2.32. The quantitative estimate of drug-likeness (QED) is 0.720. The highest BCUT2D eigenvalue weighted by atomic mass is 16.3. The molecule has 3 nitrogen and oxygen atoms in total. The summed E-state index contributed by atoms with van der Waals surface area (Å²) in [7, 11) is 0. The number of nitrogens with one attached hydrogen (secondary N) is 1. The van der Waals surface area contributed by atoms with E-state index >= 15 is 0 Å². The molecule has 0 heterocycles. The molecule has 0 bridgehead atoms. The summed E-state index contributed by atoms with van der Waals surface area (Å²) in [5, 5.41) is 11.9. The lowest BCUT2D eigenvalue weighted by Gasteiger charge is -2.14. The van der Waals surface area contributed by atoms with Crippen molar-refractivity contribution in [1.82, 2.24) is 5.32 Å². The van der Waals surface area contributed by atoms with E-state index in [0.29, 0.717) is 0 Å². The summed E-state index contributed by atoms with van der Waals surface area (Å²) >= 11 is 0. The number of amides is 1. The standard InChI is InChI=1S/C12H21NO2/c1-11(2)7-9(11)10(15)13-8-12(3-4-12)5-6-14/h9,14H,3-8H2,1-2H3,(H,13,15). The highest BCUT2D eigenvalue weighted by molar-refractivity contribution is 5.82. The zero-order valence-electron chi connectivity index (χ0n) is 9.68. The van der Waals surface area contributed by atoms with Crippen LogP contribution in [0.25, 0.3) is 0 Å². The van der Waals surface area contributed by atoms with Crippen molar-refractivity contribution in [2.75, 3.05) is 13.2 Å². The van der Waals surface area contributed by atoms with E-state index in [4.69, 9.17) is 5.11 Å². The molecule has 1 atom stereocenters. The summed E-state index contributed by atoms with van der Waals surface area (Å²) in [5.41, 5.74) is 0.460. The minimum Gasteiger partial charge on any atom is -0.396 e. The van der Waals surface area contributed by atoms with Crippen LogP contribution in [0.2, 0.25) is 0 Å². The molecule has 0 radical (unpaired) electrons. The molecule has 0 saturated heterocycles. The van der Waals surface area contributed by atoms with Gasteiger partial charge in [0.25, 0.3) is 0 Å². The average Bonchev–Trinajstić information content (AvgIpc) is 3.03. The van der Waals surface area contributed by atoms with Gasteiger partial charge in [-0.2, -0.15) is 0 Å². The Morgan fingerprint density at radius 1 is 1.47 bits per heavy atom. The average molecular weight is 211 g/mol. The highest BCUT2D eigenvalue weighted by Crippen LogP contribution is 2.52. The predicted molar refractivity (Wildman–Crippen MR) is 58.3 cm³/mol. The first kappa shape index (κ1) is 10.9. The van der Waals surface area contributed by atoms with Crippen LogP contribution in [-0.4, -0.2) is 24.2 Å². The lowest BCUT2D eigenvalue weighted by molar-refractivity contribution is -0.123. The van der Waals surface area contributed by atoms with Gasteiger partial charge in [-0.1, -0.05) is 13.8 Å². The molecule has 2 rings (SSSR count). The van der Waals surface area contributed by atoms with Crippen LogP contribution in [0.15, 0.2) is 0 Å². The molecule has 1 amide bonds. The number of aliphatic hydroxyl groups is 1. The van der Waals surface area contributed by atoms with Crippen molar-refractivity contribution in [3.63, 3.8) is 0 Å². The van der Waals surface area contributed by atoms with Crippen molar-refractivity contribution in [2.24, 2.45) is 16.7 Å². The fourth-order valence-electron chi connectivity index (χ4n) is 2.24. The van der Waals surface area contributed by atoms with Crippen molar-refractivity contribution in [2.45, 2.75) is 39.5 Å². The van der Waals surface area contributed by atoms with E-state index in [1.807, 2.05) is 0 Å². The largest absolute Gasteiger partial charge is 0.396 e. The zero-order valence-corrected chi connectivity index (χ0v) is 9.68. The van der Waals surface area contributed by atoms with Crippen molar-refractivity contribution < 1.29 is 9.90 Å². The minimum absolute atomic E-state index is 0.212. The number of carbonyl (C=O) groups excluding carboxylic acids is 1. The van der Waals surface area contributed by atoms with Gasteiger partial charge in [0.2, 0.25) is 5.91 Å². The van der Waals surface area contributed by atoms with Gasteiger partial charge in [-0.25, -0.2) is 0 Å². The SMILES string of the molecule is CC1(C)CC1C(=O)NCC1(CCO)CC1. The van der Waals surface area contributed by atoms with Crippen molar-refractivity contribution >= 4 is 5.91 Å². The van der Waals surface area contributed by atoms with Gasteiger partial charge in [0.1, 0.15) is 0 Å². The van der Waals surface area contributed by atoms with Gasteiger partial charge in [0, 0.05) is 19.1 Å². The Balaban J connectivity index is 1.72. The number of hydrogen-bond donors (Lipinski definition) is 2. The Labute approximate surface area is 91.2 Å². The molecule has 2 N–H and O–H groups in total. The number of rotatable bonds is 5. The Bertz CT molecular complexity index is 269. The third-order valence-electron chi connectivity index (χ3n) is 4.07. The smallest absolute Gasteiger partial charge is 0.223 e. The van der Waals surface area contributed by atoms with Crippen LogP contribution in [0.4, 0.5) is 0 Å². The predicted octanol–water partition coefficient (Wildman–Crippen LogP) is 1.31. The van der Waals surface area contributed by atoms with E-state index in [1.165, 1.54) is 0 Å². The third kappa shape index (κ3) is 2.33. The second-order valence-corrected chi connectivity index (χ2v) is 5.94. The van der Waals surface area contributed by atoms with Crippen LogP contribution in [0.3, 0.4) is 0 Å². The maximum atomic E-state index is 11.7. The molecule has 2 aliphatic carbocycles. The summed E-state index contributed by atoms with van der Waals surface area (Å²) in [6.07, 6.45) is 4.16. The number of hydrogen-bond acceptors (Lipinski definition) is 2. The molecule has 3 heteroatoms. The van der Waals surface area contributed by atoms with Gasteiger partial charge in [0.05, 0.1) is 0 Å². The van der Waals surface area contributed by atoms with Crippen molar-refractivity contribution in [3.8, 4) is 0 Å². The minimum atomic E-state index is 0.212. The van der Waals surface area contributed by atoms with E-state index in [-0.39, 0.29) is 29.3 Å². The molecule has 0 spiro atoms. The van der Waals surface area contributed by atoms with Gasteiger partial charge < -0.3 is 10.4 Å². The fraction of sp³-hybridized carbons (Fsp3) is 0.917. The molecule has 2 aliphatic rings. The monoisotopic (exact) mass is 211 g/mol. The van der Waals surface area contributed by atoms with Gasteiger partial charge in [-0.05, 0) is 36.5 Å². The molecule has 1 unspecified atom stereocenters. The summed E-state index contributed by atoms with van der Waals surface area (Å²) in [6, 6.07) is 0. The number of aliphatic hydroxyl groups excluding tert-OH is 1. The summed E-state index contributed by atoms with van der Waals surface area (Å²) in [6.45, 7) is 5.28. The van der Waals surface area contributed by atoms with Crippen LogP contribution in [0, 0.1) is 16.7 Å². The number of carbonyl (C=O) groups is 1. The summed E-state index contributed by atoms with van der Waals surface area (Å²) in [5.74, 6) is 0.437. The van der Waals surface area contributed by atoms with Crippen molar-refractivity contribution in [1.29, 1.82) is 0 Å². The van der Waals surface area contributed by atoms with Crippen LogP contribution in [0.5, 0.6) is 0 Å². The Hall–Kier alpha value is -0.570. The van der Waals surface area contributed by atoms with Crippen LogP contribution < -0.4 is 5.32 Å². The van der Waals surface area contributed by atoms with Gasteiger partial charge in [-0.3, -0.25) is 4.79 Å². The normalized spacial score (nSPS) is 29.7. The molecular weight excluding hydrogens is 190 g/mol. The van der Waals surface area contributed by atoms with E-state index < -0.39 is 0 Å². The van der Waals surface area contributed by atoms with Crippen LogP contribution >= 0.6 is 0 Å². The molecule has 2 saturated carbocycles. The van der Waals surface area contributed by atoms with Gasteiger partial charge in [0.15, 0.2) is 0 Å². The fourth-order valence-corrected chi connectivity index (χ4v) is 2.24. The van der Waals surface area contributed by atoms with E-state index in [2.05, 4.69) is 19.2 Å². The van der Waals surface area contributed by atoms with Crippen LogP contribution in [0.1, 0.15) is 39.5 Å². The van der Waals surface area contributed by atoms with E-state index in [1.54, 1.807) is 0 Å². The molecule has 0 aromatic carbocycles. The molecular formula is C12H21NO2.